The van der Waals surface area contributed by atoms with Crippen LogP contribution in [-0.4, -0.2) is 76.2 Å². The van der Waals surface area contributed by atoms with Crippen LogP contribution in [0.4, 0.5) is 18.0 Å². The molecule has 0 radical (unpaired) electrons. The van der Waals surface area contributed by atoms with Crippen LogP contribution in [0, 0.1) is 19.3 Å². The van der Waals surface area contributed by atoms with Crippen molar-refractivity contribution in [1.82, 2.24) is 14.7 Å². The average molecular weight is 604 g/mol. The number of amides is 3. The van der Waals surface area contributed by atoms with Crippen LogP contribution in [0.3, 0.4) is 0 Å². The van der Waals surface area contributed by atoms with Crippen molar-refractivity contribution in [3.05, 3.63) is 69.8 Å². The Labute approximate surface area is 252 Å². The largest absolute Gasteiger partial charge is 0.416 e. The Bertz CT molecular complexity index is 1340. The van der Waals surface area contributed by atoms with E-state index in [0.717, 1.165) is 22.8 Å². The summed E-state index contributed by atoms with van der Waals surface area (Å²) in [4.78, 5) is 33.1. The first-order valence-corrected chi connectivity index (χ1v) is 15.0. The number of hydrogen-bond donors (Lipinski definition) is 2. The molecule has 10 heteroatoms. The summed E-state index contributed by atoms with van der Waals surface area (Å²) in [6.45, 7) is 9.47. The maximum atomic E-state index is 14.3. The van der Waals surface area contributed by atoms with Gasteiger partial charge in [0.2, 0.25) is 5.91 Å². The normalized spacial score (nSPS) is 20.9. The molecule has 2 aliphatic rings. The van der Waals surface area contributed by atoms with Gasteiger partial charge in [-0.15, -0.1) is 0 Å². The summed E-state index contributed by atoms with van der Waals surface area (Å²) in [5.74, 6) is -0.246. The van der Waals surface area contributed by atoms with Gasteiger partial charge in [0.1, 0.15) is 0 Å². The Morgan fingerprint density at radius 2 is 1.65 bits per heavy atom. The summed E-state index contributed by atoms with van der Waals surface area (Å²) < 4.78 is 41.4. The fourth-order valence-electron chi connectivity index (χ4n) is 6.81. The third-order valence-electron chi connectivity index (χ3n) is 9.51. The van der Waals surface area contributed by atoms with Crippen molar-refractivity contribution in [3.8, 4) is 0 Å². The summed E-state index contributed by atoms with van der Waals surface area (Å²) in [6, 6.07) is 8.14. The smallest absolute Gasteiger partial charge is 0.396 e. The number of alkyl halides is 3. The van der Waals surface area contributed by atoms with E-state index < -0.39 is 29.2 Å². The molecule has 43 heavy (non-hydrogen) atoms. The topological polar surface area (TPSA) is 84.3 Å². The number of benzene rings is 2. The second-order valence-corrected chi connectivity index (χ2v) is 12.6. The molecule has 2 aliphatic heterocycles. The van der Waals surface area contributed by atoms with Crippen molar-refractivity contribution < 1.29 is 33.0 Å². The molecule has 236 valence electrons. The highest BCUT2D eigenvalue weighted by molar-refractivity contribution is 5.86. The van der Waals surface area contributed by atoms with Crippen molar-refractivity contribution in [2.75, 3.05) is 33.4 Å². The first-order chi connectivity index (χ1) is 20.1. The molecular weight excluding hydrogens is 559 g/mol. The van der Waals surface area contributed by atoms with Crippen molar-refractivity contribution >= 4 is 11.9 Å². The van der Waals surface area contributed by atoms with Gasteiger partial charge >= 0.3 is 12.2 Å². The molecule has 3 atom stereocenters. The van der Waals surface area contributed by atoms with Crippen molar-refractivity contribution in [2.24, 2.45) is 5.41 Å². The Balaban J connectivity index is 1.75. The monoisotopic (exact) mass is 603 g/mol. The third-order valence-corrected chi connectivity index (χ3v) is 9.51. The van der Waals surface area contributed by atoms with Crippen LogP contribution in [0.2, 0.25) is 0 Å². The zero-order chi connectivity index (χ0) is 31.9. The molecule has 2 aromatic carbocycles. The molecule has 4 rings (SSSR count). The predicted molar refractivity (Wildman–Crippen MR) is 158 cm³/mol. The summed E-state index contributed by atoms with van der Waals surface area (Å²) >= 11 is 0. The Morgan fingerprint density at radius 3 is 2.23 bits per heavy atom. The standard InChI is InChI=1S/C33H44F3N3O4/c1-20(2)24-16-25(18-26(17-24)33(34,35)36)23(5)37(6)31(43)39-12-11-38-28(19-32(9-13-40,10-14-41)30(38)42)29(39)27-15-21(3)7-8-22(27)4/h7-8,15-18,20,23,28-29,40-41H,9-14,19H2,1-6H3/t23-,28?,29?/m1/s1. The molecule has 2 heterocycles. The number of fused-ring (bicyclic) bond motifs is 1. The van der Waals surface area contributed by atoms with E-state index in [0.29, 0.717) is 24.1 Å². The van der Waals surface area contributed by atoms with E-state index in [1.54, 1.807) is 29.8 Å². The minimum atomic E-state index is -4.52. The number of aliphatic hydroxyl groups is 2. The molecule has 0 saturated carbocycles. The van der Waals surface area contributed by atoms with E-state index in [2.05, 4.69) is 0 Å². The quantitative estimate of drug-likeness (QED) is 0.390. The zero-order valence-electron chi connectivity index (χ0n) is 25.9. The maximum absolute atomic E-state index is 14.3. The van der Waals surface area contributed by atoms with Gasteiger partial charge in [0.15, 0.2) is 0 Å². The minimum absolute atomic E-state index is 0.116. The third kappa shape index (κ3) is 6.27. The number of rotatable bonds is 8. The SMILES string of the molecule is Cc1ccc(C)c(C2C3CC(CCO)(CCO)C(=O)N3CCN2C(=O)N(C)[C@H](C)c2cc(C(C)C)cc(C(F)(F)F)c2)c1. The minimum Gasteiger partial charge on any atom is -0.396 e. The van der Waals surface area contributed by atoms with Crippen molar-refractivity contribution in [3.63, 3.8) is 0 Å². The first-order valence-electron chi connectivity index (χ1n) is 15.0. The maximum Gasteiger partial charge on any atom is 0.416 e. The number of carbonyl (C=O) groups excluding carboxylic acids is 2. The molecule has 2 unspecified atom stereocenters. The number of halogens is 3. The highest BCUT2D eigenvalue weighted by Crippen LogP contribution is 2.49. The lowest BCUT2D eigenvalue weighted by Crippen LogP contribution is -2.57. The number of aryl methyl sites for hydroxylation is 2. The lowest BCUT2D eigenvalue weighted by Gasteiger charge is -2.47. The first kappa shape index (κ1) is 32.8. The van der Waals surface area contributed by atoms with Crippen molar-refractivity contribution in [1.29, 1.82) is 0 Å². The summed E-state index contributed by atoms with van der Waals surface area (Å²) in [5.41, 5.74) is 2.15. The van der Waals surface area contributed by atoms with Crippen molar-refractivity contribution in [2.45, 2.75) is 84.1 Å². The van der Waals surface area contributed by atoms with E-state index in [1.165, 1.54) is 11.0 Å². The van der Waals surface area contributed by atoms with Crippen LogP contribution in [0.25, 0.3) is 0 Å². The zero-order valence-corrected chi connectivity index (χ0v) is 25.9. The molecule has 2 fully saturated rings. The van der Waals surface area contributed by atoms with Crippen LogP contribution in [-0.2, 0) is 11.0 Å². The number of aliphatic hydroxyl groups excluding tert-OH is 2. The molecular formula is C33H44F3N3O4. The fraction of sp³-hybridized carbons (Fsp3) is 0.576. The van der Waals surface area contributed by atoms with Gasteiger partial charge in [0.25, 0.3) is 0 Å². The van der Waals surface area contributed by atoms with Gasteiger partial charge in [0, 0.05) is 33.4 Å². The molecule has 2 saturated heterocycles. The summed E-state index contributed by atoms with van der Waals surface area (Å²) in [7, 11) is 1.61. The molecule has 2 aromatic rings. The number of urea groups is 1. The van der Waals surface area contributed by atoms with Gasteiger partial charge in [-0.1, -0.05) is 43.7 Å². The molecule has 3 amide bonds. The van der Waals surface area contributed by atoms with E-state index in [1.807, 2.05) is 45.9 Å². The molecule has 0 aromatic heterocycles. The molecule has 2 N–H and O–H groups in total. The van der Waals surface area contributed by atoms with Crippen LogP contribution < -0.4 is 0 Å². The van der Waals surface area contributed by atoms with Crippen LogP contribution in [0.15, 0.2) is 36.4 Å². The molecule has 7 nitrogen and oxygen atoms in total. The average Bonchev–Trinajstić information content (AvgIpc) is 3.23. The number of hydrogen-bond acceptors (Lipinski definition) is 4. The van der Waals surface area contributed by atoms with Crippen LogP contribution in [0.1, 0.15) is 91.4 Å². The van der Waals surface area contributed by atoms with E-state index in [4.69, 9.17) is 0 Å². The molecule has 0 spiro atoms. The van der Waals surface area contributed by atoms with Gasteiger partial charge in [0.05, 0.1) is 29.1 Å². The second kappa shape index (κ2) is 12.5. The fourth-order valence-corrected chi connectivity index (χ4v) is 6.81. The number of carbonyl (C=O) groups is 2. The van der Waals surface area contributed by atoms with E-state index in [9.17, 15) is 33.0 Å². The van der Waals surface area contributed by atoms with Crippen LogP contribution in [0.5, 0.6) is 0 Å². The van der Waals surface area contributed by atoms with Gasteiger partial charge in [-0.05, 0) is 80.3 Å². The van der Waals surface area contributed by atoms with Crippen LogP contribution >= 0.6 is 0 Å². The predicted octanol–water partition coefficient (Wildman–Crippen LogP) is 5.97. The molecule has 0 aliphatic carbocycles. The van der Waals surface area contributed by atoms with E-state index >= 15 is 0 Å². The highest BCUT2D eigenvalue weighted by atomic mass is 19.4. The number of piperazine rings is 1. The van der Waals surface area contributed by atoms with E-state index in [-0.39, 0.29) is 56.5 Å². The molecule has 0 bridgehead atoms. The Hall–Kier alpha value is -3.11. The van der Waals surface area contributed by atoms with Gasteiger partial charge in [-0.25, -0.2) is 4.79 Å². The van der Waals surface area contributed by atoms with Gasteiger partial charge < -0.3 is 24.9 Å². The lowest BCUT2D eigenvalue weighted by molar-refractivity contribution is -0.140. The second-order valence-electron chi connectivity index (χ2n) is 12.6. The summed E-state index contributed by atoms with van der Waals surface area (Å²) in [5, 5.41) is 19.7. The lowest BCUT2D eigenvalue weighted by atomic mass is 9.77. The summed E-state index contributed by atoms with van der Waals surface area (Å²) in [6.07, 6.45) is -3.70. The Morgan fingerprint density at radius 1 is 1.02 bits per heavy atom. The number of nitrogens with zero attached hydrogens (tertiary/aromatic N) is 3. The Kier molecular flexibility index (Phi) is 9.52. The van der Waals surface area contributed by atoms with Gasteiger partial charge in [-0.2, -0.15) is 13.2 Å². The van der Waals surface area contributed by atoms with Gasteiger partial charge in [-0.3, -0.25) is 4.79 Å². The highest BCUT2D eigenvalue weighted by Gasteiger charge is 2.56.